The maximum atomic E-state index is 13.3. The molecular weight excluding hydrogens is 414 g/mol. The van der Waals surface area contributed by atoms with Crippen LogP contribution in [0, 0.1) is 0 Å². The first-order valence-electron chi connectivity index (χ1n) is 10.9. The normalized spacial score (nSPS) is 17.4. The number of fused-ring (bicyclic) bond motifs is 1. The molecule has 1 amide bonds. The SMILES string of the molecule is Cn1ncc2c(N3CCCCC3)nc(C(=O)N3CCN(c4ccccc4Cl)CC3)nc21. The lowest BCUT2D eigenvalue weighted by molar-refractivity contribution is 0.0735. The monoisotopic (exact) mass is 439 g/mol. The molecule has 9 heteroatoms. The topological polar surface area (TPSA) is 70.4 Å². The Labute approximate surface area is 186 Å². The highest BCUT2D eigenvalue weighted by atomic mass is 35.5. The van der Waals surface area contributed by atoms with Gasteiger partial charge in [0.1, 0.15) is 5.82 Å². The van der Waals surface area contributed by atoms with Crippen LogP contribution in [0.1, 0.15) is 29.9 Å². The van der Waals surface area contributed by atoms with E-state index in [9.17, 15) is 4.79 Å². The zero-order valence-electron chi connectivity index (χ0n) is 17.7. The average Bonchev–Trinajstić information content (AvgIpc) is 3.20. The summed E-state index contributed by atoms with van der Waals surface area (Å²) in [5.41, 5.74) is 1.71. The molecule has 1 aromatic carbocycles. The van der Waals surface area contributed by atoms with Crippen LogP contribution in [-0.4, -0.2) is 69.8 Å². The third-order valence-corrected chi connectivity index (χ3v) is 6.50. The van der Waals surface area contributed by atoms with E-state index in [0.717, 1.165) is 60.9 Å². The molecule has 2 fully saturated rings. The van der Waals surface area contributed by atoms with Gasteiger partial charge in [-0.1, -0.05) is 23.7 Å². The number of hydrogen-bond acceptors (Lipinski definition) is 6. The smallest absolute Gasteiger partial charge is 0.291 e. The molecule has 0 aliphatic carbocycles. The molecule has 2 aliphatic heterocycles. The number of halogens is 1. The molecule has 8 nitrogen and oxygen atoms in total. The fraction of sp³-hybridized carbons (Fsp3) is 0.455. The molecule has 0 radical (unpaired) electrons. The quantitative estimate of drug-likeness (QED) is 0.624. The Kier molecular flexibility index (Phi) is 5.40. The summed E-state index contributed by atoms with van der Waals surface area (Å²) in [6, 6.07) is 7.83. The van der Waals surface area contributed by atoms with E-state index >= 15 is 0 Å². The number of rotatable bonds is 3. The van der Waals surface area contributed by atoms with Crippen molar-refractivity contribution in [3.8, 4) is 0 Å². The van der Waals surface area contributed by atoms with Gasteiger partial charge in [0.05, 0.1) is 22.3 Å². The minimum Gasteiger partial charge on any atom is -0.367 e. The summed E-state index contributed by atoms with van der Waals surface area (Å²) in [6.45, 7) is 4.56. The third-order valence-electron chi connectivity index (χ3n) is 6.18. The molecule has 0 spiro atoms. The molecule has 5 rings (SSSR count). The molecule has 0 saturated carbocycles. The van der Waals surface area contributed by atoms with Crippen LogP contribution in [0.3, 0.4) is 0 Å². The summed E-state index contributed by atoms with van der Waals surface area (Å²) in [6.07, 6.45) is 5.31. The zero-order valence-corrected chi connectivity index (χ0v) is 18.4. The van der Waals surface area contributed by atoms with Crippen molar-refractivity contribution < 1.29 is 4.79 Å². The molecule has 0 unspecified atom stereocenters. The minimum atomic E-state index is -0.125. The van der Waals surface area contributed by atoms with Gasteiger partial charge >= 0.3 is 0 Å². The lowest BCUT2D eigenvalue weighted by Gasteiger charge is -2.36. The van der Waals surface area contributed by atoms with Gasteiger partial charge < -0.3 is 14.7 Å². The van der Waals surface area contributed by atoms with Crippen molar-refractivity contribution in [2.75, 3.05) is 49.1 Å². The van der Waals surface area contributed by atoms with Crippen molar-refractivity contribution in [1.29, 1.82) is 0 Å². The summed E-state index contributed by atoms with van der Waals surface area (Å²) >= 11 is 6.35. The standard InChI is InChI=1S/C22H26ClN7O/c1-27-20-16(15-24-27)21(29-9-5-2-6-10-29)26-19(25-20)22(31)30-13-11-28(12-14-30)18-8-4-3-7-17(18)23/h3-4,7-8,15H,2,5-6,9-14H2,1H3. The Morgan fingerprint density at radius 1 is 0.935 bits per heavy atom. The van der Waals surface area contributed by atoms with E-state index in [0.29, 0.717) is 18.7 Å². The van der Waals surface area contributed by atoms with E-state index in [4.69, 9.17) is 16.6 Å². The van der Waals surface area contributed by atoms with E-state index < -0.39 is 0 Å². The lowest BCUT2D eigenvalue weighted by atomic mass is 10.1. The second-order valence-electron chi connectivity index (χ2n) is 8.15. The molecule has 0 bridgehead atoms. The number of para-hydroxylation sites is 1. The predicted molar refractivity (Wildman–Crippen MR) is 122 cm³/mol. The van der Waals surface area contributed by atoms with E-state index in [1.165, 1.54) is 6.42 Å². The average molecular weight is 440 g/mol. The lowest BCUT2D eigenvalue weighted by Crippen LogP contribution is -2.49. The van der Waals surface area contributed by atoms with Gasteiger partial charge in [0, 0.05) is 46.3 Å². The van der Waals surface area contributed by atoms with E-state index in [-0.39, 0.29) is 11.7 Å². The highest BCUT2D eigenvalue weighted by Gasteiger charge is 2.27. The van der Waals surface area contributed by atoms with Crippen LogP contribution in [0.5, 0.6) is 0 Å². The number of carbonyl (C=O) groups is 1. The first kappa shape index (κ1) is 20.1. The van der Waals surface area contributed by atoms with Gasteiger partial charge in [-0.15, -0.1) is 0 Å². The molecule has 31 heavy (non-hydrogen) atoms. The molecule has 162 valence electrons. The van der Waals surface area contributed by atoms with Gasteiger partial charge in [-0.05, 0) is 31.4 Å². The second kappa shape index (κ2) is 8.34. The van der Waals surface area contributed by atoms with Gasteiger partial charge in [-0.2, -0.15) is 5.10 Å². The molecule has 4 heterocycles. The summed E-state index contributed by atoms with van der Waals surface area (Å²) < 4.78 is 1.72. The zero-order chi connectivity index (χ0) is 21.4. The summed E-state index contributed by atoms with van der Waals surface area (Å²) in [7, 11) is 1.85. The molecule has 2 aromatic heterocycles. The van der Waals surface area contributed by atoms with Crippen molar-refractivity contribution in [2.24, 2.45) is 7.05 Å². The van der Waals surface area contributed by atoms with Crippen LogP contribution < -0.4 is 9.80 Å². The van der Waals surface area contributed by atoms with Crippen LogP contribution in [-0.2, 0) is 7.05 Å². The Hall–Kier alpha value is -2.87. The summed E-state index contributed by atoms with van der Waals surface area (Å²) in [5, 5.41) is 6.00. The van der Waals surface area contributed by atoms with Gasteiger partial charge in [0.25, 0.3) is 5.91 Å². The highest BCUT2D eigenvalue weighted by Crippen LogP contribution is 2.28. The van der Waals surface area contributed by atoms with Crippen molar-refractivity contribution in [3.63, 3.8) is 0 Å². The first-order chi connectivity index (χ1) is 15.1. The number of aromatic nitrogens is 4. The number of piperidine rings is 1. The Bertz CT molecular complexity index is 1100. The van der Waals surface area contributed by atoms with Gasteiger partial charge in [-0.3, -0.25) is 9.48 Å². The van der Waals surface area contributed by atoms with Gasteiger partial charge in [-0.25, -0.2) is 9.97 Å². The van der Waals surface area contributed by atoms with Crippen LogP contribution in [0.15, 0.2) is 30.5 Å². The third kappa shape index (κ3) is 3.80. The van der Waals surface area contributed by atoms with Crippen molar-refractivity contribution in [3.05, 3.63) is 41.3 Å². The van der Waals surface area contributed by atoms with Crippen LogP contribution in [0.25, 0.3) is 11.0 Å². The largest absolute Gasteiger partial charge is 0.367 e. The molecule has 2 aliphatic rings. The highest BCUT2D eigenvalue weighted by molar-refractivity contribution is 6.33. The predicted octanol–water partition coefficient (Wildman–Crippen LogP) is 2.97. The van der Waals surface area contributed by atoms with Gasteiger partial charge in [0.15, 0.2) is 5.65 Å². The number of hydrogen-bond donors (Lipinski definition) is 0. The number of aryl methyl sites for hydroxylation is 1. The number of piperazine rings is 1. The van der Waals surface area contributed by atoms with Gasteiger partial charge in [0.2, 0.25) is 5.82 Å². The maximum Gasteiger partial charge on any atom is 0.291 e. The summed E-state index contributed by atoms with van der Waals surface area (Å²) in [5.74, 6) is 0.957. The Morgan fingerprint density at radius 2 is 1.68 bits per heavy atom. The molecule has 3 aromatic rings. The second-order valence-corrected chi connectivity index (χ2v) is 8.56. The van der Waals surface area contributed by atoms with Crippen LogP contribution in [0.2, 0.25) is 5.02 Å². The fourth-order valence-electron chi connectivity index (χ4n) is 4.45. The molecule has 0 N–H and O–H groups in total. The molecular formula is C22H26ClN7O. The van der Waals surface area contributed by atoms with E-state index in [1.807, 2.05) is 36.2 Å². The number of benzene rings is 1. The number of carbonyl (C=O) groups excluding carboxylic acids is 1. The van der Waals surface area contributed by atoms with Crippen LogP contribution in [0.4, 0.5) is 11.5 Å². The van der Waals surface area contributed by atoms with E-state index in [1.54, 1.807) is 10.9 Å². The molecule has 0 atom stereocenters. The number of amides is 1. The van der Waals surface area contributed by atoms with E-state index in [2.05, 4.69) is 19.9 Å². The Morgan fingerprint density at radius 3 is 2.42 bits per heavy atom. The maximum absolute atomic E-state index is 13.3. The molecule has 2 saturated heterocycles. The number of anilines is 2. The fourth-order valence-corrected chi connectivity index (χ4v) is 4.70. The Balaban J connectivity index is 1.39. The summed E-state index contributed by atoms with van der Waals surface area (Å²) in [4.78, 5) is 29.0. The number of nitrogens with zero attached hydrogens (tertiary/aromatic N) is 7. The van der Waals surface area contributed by atoms with Crippen LogP contribution >= 0.6 is 11.6 Å². The van der Waals surface area contributed by atoms with Crippen molar-refractivity contribution >= 4 is 40.0 Å². The van der Waals surface area contributed by atoms with Crippen molar-refractivity contribution in [1.82, 2.24) is 24.6 Å². The van der Waals surface area contributed by atoms with Crippen molar-refractivity contribution in [2.45, 2.75) is 19.3 Å². The first-order valence-corrected chi connectivity index (χ1v) is 11.2. The minimum absolute atomic E-state index is 0.125.